The molecule has 156 valence electrons. The van der Waals surface area contributed by atoms with Crippen LogP contribution in [-0.4, -0.2) is 42.7 Å². The van der Waals surface area contributed by atoms with Crippen LogP contribution >= 0.6 is 11.6 Å². The number of ether oxygens (including phenoxy) is 4. The second-order valence-corrected chi connectivity index (χ2v) is 8.82. The van der Waals surface area contributed by atoms with Gasteiger partial charge in [-0.2, -0.15) is 0 Å². The lowest BCUT2D eigenvalue weighted by Crippen LogP contribution is -2.55. The van der Waals surface area contributed by atoms with E-state index < -0.39 is 11.3 Å². The van der Waals surface area contributed by atoms with Crippen molar-refractivity contribution in [3.8, 4) is 16.9 Å². The van der Waals surface area contributed by atoms with E-state index in [0.717, 1.165) is 35.3 Å². The highest BCUT2D eigenvalue weighted by molar-refractivity contribution is 6.30. The first-order valence-electron chi connectivity index (χ1n) is 10.3. The van der Waals surface area contributed by atoms with E-state index in [1.54, 1.807) is 12.4 Å². The van der Waals surface area contributed by atoms with Crippen LogP contribution in [-0.2, 0) is 19.7 Å². The lowest BCUT2D eigenvalue weighted by Gasteiger charge is -2.50. The number of amidine groups is 1. The first kappa shape index (κ1) is 18.4. The van der Waals surface area contributed by atoms with Crippen LogP contribution in [0.4, 0.5) is 0 Å². The summed E-state index contributed by atoms with van der Waals surface area (Å²) in [6.07, 6.45) is 5.77. The molecule has 2 fully saturated rings. The van der Waals surface area contributed by atoms with E-state index in [9.17, 15) is 0 Å². The number of aromatic nitrogens is 1. The summed E-state index contributed by atoms with van der Waals surface area (Å²) in [6, 6.07) is 8.23. The van der Waals surface area contributed by atoms with Gasteiger partial charge in [0.1, 0.15) is 24.0 Å². The third kappa shape index (κ3) is 2.72. The van der Waals surface area contributed by atoms with E-state index in [2.05, 4.69) is 11.1 Å². The van der Waals surface area contributed by atoms with Gasteiger partial charge in [-0.1, -0.05) is 17.7 Å². The topological polar surface area (TPSA) is 88.2 Å². The Balaban J connectivity index is 1.48. The van der Waals surface area contributed by atoms with Crippen LogP contribution in [0.3, 0.4) is 0 Å². The Bertz CT molecular complexity index is 1040. The average Bonchev–Trinajstić information content (AvgIpc) is 3.36. The quantitative estimate of drug-likeness (QED) is 0.751. The number of rotatable bonds is 1. The molecule has 1 aromatic carbocycles. The fourth-order valence-electron chi connectivity index (χ4n) is 5.36. The Labute approximate surface area is 179 Å². The van der Waals surface area contributed by atoms with Crippen LogP contribution in [0, 0.1) is 5.92 Å². The molecule has 0 amide bonds. The molecule has 4 aliphatic rings. The molecule has 4 heterocycles. The van der Waals surface area contributed by atoms with Crippen LogP contribution in [0.1, 0.15) is 24.8 Å². The van der Waals surface area contributed by atoms with Gasteiger partial charge in [0.2, 0.25) is 0 Å². The molecular formula is C22H22ClN3O4. The van der Waals surface area contributed by atoms with Crippen LogP contribution in [0.5, 0.6) is 5.75 Å². The van der Waals surface area contributed by atoms with E-state index >= 15 is 0 Å². The first-order chi connectivity index (χ1) is 14.6. The molecule has 0 radical (unpaired) electrons. The molecule has 1 aromatic heterocycles. The highest BCUT2D eigenvalue weighted by Crippen LogP contribution is 2.55. The Hall–Kier alpha value is -2.35. The molecule has 1 saturated heterocycles. The van der Waals surface area contributed by atoms with Crippen LogP contribution < -0.4 is 10.5 Å². The summed E-state index contributed by atoms with van der Waals surface area (Å²) in [4.78, 5) is 9.07. The monoisotopic (exact) mass is 427 g/mol. The molecule has 7 nitrogen and oxygen atoms in total. The molecule has 0 bridgehead atoms. The summed E-state index contributed by atoms with van der Waals surface area (Å²) in [5.41, 5.74) is 8.29. The first-order valence-corrected chi connectivity index (χ1v) is 10.6. The zero-order chi connectivity index (χ0) is 20.3. The number of pyridine rings is 1. The highest BCUT2D eigenvalue weighted by Gasteiger charge is 2.59. The molecule has 2 N–H and O–H groups in total. The predicted molar refractivity (Wildman–Crippen MR) is 110 cm³/mol. The van der Waals surface area contributed by atoms with Crippen molar-refractivity contribution in [2.24, 2.45) is 16.6 Å². The summed E-state index contributed by atoms with van der Waals surface area (Å²) < 4.78 is 24.2. The van der Waals surface area contributed by atoms with Crippen molar-refractivity contribution >= 4 is 17.6 Å². The van der Waals surface area contributed by atoms with E-state index in [4.69, 9.17) is 41.3 Å². The van der Waals surface area contributed by atoms with Gasteiger partial charge >= 0.3 is 0 Å². The number of halogens is 1. The third-order valence-corrected chi connectivity index (χ3v) is 6.94. The molecule has 3 atom stereocenters. The number of aliphatic imine (C=N–C) groups is 1. The van der Waals surface area contributed by atoms with E-state index in [1.807, 2.05) is 18.2 Å². The summed E-state index contributed by atoms with van der Waals surface area (Å²) in [5, 5.41) is 0.590. The predicted octanol–water partition coefficient (Wildman–Crippen LogP) is 3.25. The second-order valence-electron chi connectivity index (χ2n) is 8.38. The molecule has 2 spiro atoms. The normalized spacial score (nSPS) is 31.0. The standard InChI is InChI=1S/C22H22ClN3O4/c23-15-7-14(10-25-11-15)13-1-2-18-16(8-13)22(12-27-20(24)26-22)17-9-21(28-5-6-29-21)4-3-19(17)30-18/h1-2,7-8,10-11,17,19H,3-6,9,12H2,(H2,24,26). The van der Waals surface area contributed by atoms with Crippen molar-refractivity contribution in [2.75, 3.05) is 19.8 Å². The number of benzene rings is 1. The average molecular weight is 428 g/mol. The zero-order valence-corrected chi connectivity index (χ0v) is 17.1. The highest BCUT2D eigenvalue weighted by atomic mass is 35.5. The SMILES string of the molecule is NC1=NC2(CO1)c1cc(-c3cncc(Cl)c3)ccc1OC1CCC3(CC12)OCCO3. The lowest BCUT2D eigenvalue weighted by atomic mass is 9.66. The van der Waals surface area contributed by atoms with Crippen molar-refractivity contribution < 1.29 is 18.9 Å². The maximum atomic E-state index is 6.46. The Morgan fingerprint density at radius 2 is 1.97 bits per heavy atom. The van der Waals surface area contributed by atoms with Crippen molar-refractivity contribution in [1.29, 1.82) is 0 Å². The Morgan fingerprint density at radius 3 is 2.73 bits per heavy atom. The van der Waals surface area contributed by atoms with Crippen LogP contribution in [0.25, 0.3) is 11.1 Å². The summed E-state index contributed by atoms with van der Waals surface area (Å²) in [7, 11) is 0. The molecule has 1 aliphatic carbocycles. The van der Waals surface area contributed by atoms with Gasteiger partial charge in [0, 0.05) is 42.3 Å². The number of hydrogen-bond acceptors (Lipinski definition) is 7. The van der Waals surface area contributed by atoms with Crippen molar-refractivity contribution in [3.05, 3.63) is 47.2 Å². The molecule has 30 heavy (non-hydrogen) atoms. The largest absolute Gasteiger partial charge is 0.490 e. The van der Waals surface area contributed by atoms with Gasteiger partial charge in [-0.25, -0.2) is 4.99 Å². The number of fused-ring (bicyclic) bond motifs is 4. The smallest absolute Gasteiger partial charge is 0.283 e. The molecule has 3 aliphatic heterocycles. The minimum atomic E-state index is -0.632. The van der Waals surface area contributed by atoms with Gasteiger partial charge in [-0.05, 0) is 30.2 Å². The summed E-state index contributed by atoms with van der Waals surface area (Å²) in [5.74, 6) is 0.294. The Morgan fingerprint density at radius 1 is 1.10 bits per heavy atom. The number of nitrogens with zero attached hydrogens (tertiary/aromatic N) is 2. The second kappa shape index (κ2) is 6.57. The van der Waals surface area contributed by atoms with Gasteiger partial charge in [0.15, 0.2) is 5.79 Å². The maximum Gasteiger partial charge on any atom is 0.283 e. The van der Waals surface area contributed by atoms with E-state index in [-0.39, 0.29) is 18.0 Å². The summed E-state index contributed by atoms with van der Waals surface area (Å²) in [6.45, 7) is 1.62. The molecule has 1 saturated carbocycles. The maximum absolute atomic E-state index is 6.46. The minimum Gasteiger partial charge on any atom is -0.490 e. The fourth-order valence-corrected chi connectivity index (χ4v) is 5.54. The van der Waals surface area contributed by atoms with E-state index in [1.165, 1.54) is 0 Å². The third-order valence-electron chi connectivity index (χ3n) is 6.73. The van der Waals surface area contributed by atoms with Crippen molar-refractivity contribution in [3.63, 3.8) is 0 Å². The molecule has 8 heteroatoms. The number of hydrogen-bond donors (Lipinski definition) is 1. The van der Waals surface area contributed by atoms with Gasteiger partial charge in [-0.3, -0.25) is 4.98 Å². The molecular weight excluding hydrogens is 406 g/mol. The zero-order valence-electron chi connectivity index (χ0n) is 16.3. The van der Waals surface area contributed by atoms with Gasteiger partial charge in [0.05, 0.1) is 18.2 Å². The minimum absolute atomic E-state index is 0.00728. The van der Waals surface area contributed by atoms with E-state index in [0.29, 0.717) is 31.3 Å². The lowest BCUT2D eigenvalue weighted by molar-refractivity contribution is -0.210. The van der Waals surface area contributed by atoms with Crippen molar-refractivity contribution in [2.45, 2.75) is 36.7 Å². The van der Waals surface area contributed by atoms with Crippen LogP contribution in [0.2, 0.25) is 5.02 Å². The van der Waals surface area contributed by atoms with Gasteiger partial charge < -0.3 is 24.7 Å². The Kier molecular flexibility index (Phi) is 4.04. The van der Waals surface area contributed by atoms with Gasteiger partial charge in [0.25, 0.3) is 6.02 Å². The summed E-state index contributed by atoms with van der Waals surface area (Å²) >= 11 is 6.16. The molecule has 6 rings (SSSR count). The molecule has 3 unspecified atom stereocenters. The molecule has 2 aromatic rings. The fraction of sp³-hybridized carbons (Fsp3) is 0.455. The van der Waals surface area contributed by atoms with Gasteiger partial charge in [-0.15, -0.1) is 0 Å². The number of nitrogens with two attached hydrogens (primary N) is 1. The van der Waals surface area contributed by atoms with Crippen molar-refractivity contribution in [1.82, 2.24) is 4.98 Å². The van der Waals surface area contributed by atoms with Crippen LogP contribution in [0.15, 0.2) is 41.7 Å².